The van der Waals surface area contributed by atoms with Gasteiger partial charge < -0.3 is 0 Å². The van der Waals surface area contributed by atoms with Gasteiger partial charge in [-0.05, 0) is 92.7 Å². The smallest absolute Gasteiger partial charge is 0.160 e. The van der Waals surface area contributed by atoms with Crippen LogP contribution in [0.4, 0.5) is 0 Å². The fraction of sp³-hybridized carbons (Fsp3) is 0. The highest BCUT2D eigenvalue weighted by Crippen LogP contribution is 2.40. The average molecular weight is 693 g/mol. The van der Waals surface area contributed by atoms with E-state index in [9.17, 15) is 0 Å². The van der Waals surface area contributed by atoms with E-state index >= 15 is 0 Å². The SMILES string of the molecule is c1ccc(-c2cc(-c3ccc4sc5ccccc5c4c3)cc(-c3cc(-c4cccc5ccccc45)nc(-c4cccc(-c5ccccc5)c4)n3)c2)cc1. The van der Waals surface area contributed by atoms with E-state index in [1.807, 2.05) is 11.3 Å². The van der Waals surface area contributed by atoms with Gasteiger partial charge in [0.15, 0.2) is 5.82 Å². The van der Waals surface area contributed by atoms with Crippen molar-refractivity contribution in [3.05, 3.63) is 194 Å². The van der Waals surface area contributed by atoms with Crippen molar-refractivity contribution >= 4 is 42.3 Å². The molecule has 0 saturated heterocycles. The number of hydrogen-bond acceptors (Lipinski definition) is 3. The van der Waals surface area contributed by atoms with Gasteiger partial charge >= 0.3 is 0 Å². The quantitative estimate of drug-likeness (QED) is 0.173. The Bertz CT molecular complexity index is 2940. The Hall–Kier alpha value is -6.68. The first kappa shape index (κ1) is 31.1. The molecule has 0 N–H and O–H groups in total. The summed E-state index contributed by atoms with van der Waals surface area (Å²) in [6.45, 7) is 0. The van der Waals surface area contributed by atoms with Gasteiger partial charge in [0.25, 0.3) is 0 Å². The van der Waals surface area contributed by atoms with E-state index in [-0.39, 0.29) is 0 Å². The van der Waals surface area contributed by atoms with E-state index in [2.05, 4.69) is 194 Å². The zero-order chi connectivity index (χ0) is 35.1. The van der Waals surface area contributed by atoms with Gasteiger partial charge in [0, 0.05) is 36.9 Å². The number of thiophene rings is 1. The minimum Gasteiger partial charge on any atom is -0.228 e. The lowest BCUT2D eigenvalue weighted by molar-refractivity contribution is 1.18. The highest BCUT2D eigenvalue weighted by molar-refractivity contribution is 7.25. The van der Waals surface area contributed by atoms with Crippen molar-refractivity contribution in [2.45, 2.75) is 0 Å². The van der Waals surface area contributed by atoms with Crippen molar-refractivity contribution in [1.29, 1.82) is 0 Å². The number of rotatable bonds is 6. The van der Waals surface area contributed by atoms with Crippen LogP contribution < -0.4 is 0 Å². The predicted molar refractivity (Wildman–Crippen MR) is 225 cm³/mol. The molecular weight excluding hydrogens is 661 g/mol. The van der Waals surface area contributed by atoms with Crippen LogP contribution in [0.2, 0.25) is 0 Å². The third-order valence-corrected chi connectivity index (χ3v) is 11.2. The summed E-state index contributed by atoms with van der Waals surface area (Å²) in [6.07, 6.45) is 0. The van der Waals surface area contributed by atoms with E-state index in [1.54, 1.807) is 0 Å². The molecule has 0 aliphatic rings. The van der Waals surface area contributed by atoms with Crippen molar-refractivity contribution < 1.29 is 0 Å². The lowest BCUT2D eigenvalue weighted by atomic mass is 9.93. The second-order valence-corrected chi connectivity index (χ2v) is 14.5. The molecule has 0 atom stereocenters. The molecule has 0 bridgehead atoms. The Balaban J connectivity index is 1.20. The monoisotopic (exact) mass is 692 g/mol. The van der Waals surface area contributed by atoms with Gasteiger partial charge in [-0.15, -0.1) is 11.3 Å². The highest BCUT2D eigenvalue weighted by Gasteiger charge is 2.16. The summed E-state index contributed by atoms with van der Waals surface area (Å²) >= 11 is 1.85. The zero-order valence-electron chi connectivity index (χ0n) is 28.8. The molecule has 0 amide bonds. The molecule has 0 radical (unpaired) electrons. The minimum absolute atomic E-state index is 0.695. The largest absolute Gasteiger partial charge is 0.228 e. The molecule has 0 spiro atoms. The summed E-state index contributed by atoms with van der Waals surface area (Å²) < 4.78 is 2.61. The Morgan fingerprint density at radius 3 is 1.68 bits per heavy atom. The molecule has 0 aliphatic heterocycles. The van der Waals surface area contributed by atoms with Crippen molar-refractivity contribution in [2.75, 3.05) is 0 Å². The van der Waals surface area contributed by atoms with Crippen molar-refractivity contribution in [2.24, 2.45) is 0 Å². The standard InChI is InChI=1S/C50H32N2S/c1-3-13-33(14-4-1)36-19-11-20-38(27-36)50-51-46(32-47(52-50)43-23-12-18-35-17-7-8-21-42(35)43)41-29-39(34-15-5-2-6-16-34)28-40(30-41)37-25-26-49-45(31-37)44-22-9-10-24-48(44)53-49/h1-32H. The lowest BCUT2D eigenvalue weighted by Gasteiger charge is -2.14. The van der Waals surface area contributed by atoms with E-state index < -0.39 is 0 Å². The highest BCUT2D eigenvalue weighted by atomic mass is 32.1. The van der Waals surface area contributed by atoms with Gasteiger partial charge in [0.05, 0.1) is 11.4 Å². The van der Waals surface area contributed by atoms with Crippen molar-refractivity contribution in [3.63, 3.8) is 0 Å². The van der Waals surface area contributed by atoms with E-state index in [4.69, 9.17) is 9.97 Å². The van der Waals surface area contributed by atoms with Gasteiger partial charge in [0.1, 0.15) is 0 Å². The van der Waals surface area contributed by atoms with Gasteiger partial charge in [-0.2, -0.15) is 0 Å². The van der Waals surface area contributed by atoms with Crippen LogP contribution in [0.15, 0.2) is 194 Å². The molecule has 3 heteroatoms. The van der Waals surface area contributed by atoms with Crippen molar-refractivity contribution in [3.8, 4) is 67.3 Å². The molecule has 10 rings (SSSR count). The lowest BCUT2D eigenvalue weighted by Crippen LogP contribution is -1.97. The Morgan fingerprint density at radius 1 is 0.302 bits per heavy atom. The first-order valence-corrected chi connectivity index (χ1v) is 18.7. The van der Waals surface area contributed by atoms with Crippen LogP contribution in [0, 0.1) is 0 Å². The predicted octanol–water partition coefficient (Wildman–Crippen LogP) is 14.0. The Kier molecular flexibility index (Phi) is 7.71. The summed E-state index contributed by atoms with van der Waals surface area (Å²) in [5.74, 6) is 0.695. The van der Waals surface area contributed by atoms with Crippen molar-refractivity contribution in [1.82, 2.24) is 9.97 Å². The molecule has 0 saturated carbocycles. The summed E-state index contributed by atoms with van der Waals surface area (Å²) in [6, 6.07) is 69.3. The molecule has 0 aliphatic carbocycles. The minimum atomic E-state index is 0.695. The Labute approximate surface area is 312 Å². The first-order valence-electron chi connectivity index (χ1n) is 17.9. The molecule has 10 aromatic rings. The maximum atomic E-state index is 5.36. The van der Waals surface area contributed by atoms with Crippen LogP contribution >= 0.6 is 11.3 Å². The molecular formula is C50H32N2S. The van der Waals surface area contributed by atoms with Crippen LogP contribution in [0.3, 0.4) is 0 Å². The molecule has 53 heavy (non-hydrogen) atoms. The number of benzene rings is 8. The van der Waals surface area contributed by atoms with Crippen LogP contribution in [-0.2, 0) is 0 Å². The molecule has 2 aromatic heterocycles. The molecule has 248 valence electrons. The third-order valence-electron chi connectivity index (χ3n) is 10.1. The van der Waals surface area contributed by atoms with Gasteiger partial charge in [-0.1, -0.05) is 146 Å². The molecule has 8 aromatic carbocycles. The van der Waals surface area contributed by atoms with Crippen LogP contribution in [0.5, 0.6) is 0 Å². The van der Waals surface area contributed by atoms with Crippen LogP contribution in [0.25, 0.3) is 98.2 Å². The summed E-state index contributed by atoms with van der Waals surface area (Å²) in [5, 5.41) is 4.93. The summed E-state index contributed by atoms with van der Waals surface area (Å²) in [5.41, 5.74) is 11.8. The molecule has 0 unspecified atom stereocenters. The van der Waals surface area contributed by atoms with Gasteiger partial charge in [0.2, 0.25) is 0 Å². The van der Waals surface area contributed by atoms with E-state index in [0.29, 0.717) is 5.82 Å². The zero-order valence-corrected chi connectivity index (χ0v) is 29.6. The summed E-state index contributed by atoms with van der Waals surface area (Å²) in [4.78, 5) is 10.6. The second kappa shape index (κ2) is 13.1. The van der Waals surface area contributed by atoms with Gasteiger partial charge in [-0.3, -0.25) is 0 Å². The maximum Gasteiger partial charge on any atom is 0.160 e. The third kappa shape index (κ3) is 5.87. The van der Waals surface area contributed by atoms with Crippen LogP contribution in [0.1, 0.15) is 0 Å². The topological polar surface area (TPSA) is 25.8 Å². The Morgan fingerprint density at radius 2 is 0.849 bits per heavy atom. The molecule has 2 nitrogen and oxygen atoms in total. The first-order chi connectivity index (χ1) is 26.2. The number of aromatic nitrogens is 2. The van der Waals surface area contributed by atoms with Gasteiger partial charge in [-0.25, -0.2) is 9.97 Å². The second-order valence-electron chi connectivity index (χ2n) is 13.4. The number of hydrogen-bond donors (Lipinski definition) is 0. The fourth-order valence-electron chi connectivity index (χ4n) is 7.42. The van der Waals surface area contributed by atoms with Crippen LogP contribution in [-0.4, -0.2) is 9.97 Å². The van der Waals surface area contributed by atoms with E-state index in [1.165, 1.54) is 36.5 Å². The number of fused-ring (bicyclic) bond motifs is 4. The molecule has 0 fully saturated rings. The normalized spacial score (nSPS) is 11.4. The number of nitrogens with zero attached hydrogens (tertiary/aromatic N) is 2. The maximum absolute atomic E-state index is 5.36. The summed E-state index contributed by atoms with van der Waals surface area (Å²) in [7, 11) is 0. The fourth-order valence-corrected chi connectivity index (χ4v) is 8.51. The van der Waals surface area contributed by atoms with E-state index in [0.717, 1.165) is 55.9 Å². The molecule has 2 heterocycles. The average Bonchev–Trinajstić information content (AvgIpc) is 3.62.